The highest BCUT2D eigenvalue weighted by Crippen LogP contribution is 2.00. The molecule has 0 bridgehead atoms. The number of rotatable bonds is 4. The molecule has 0 aromatic carbocycles. The third-order valence-electron chi connectivity index (χ3n) is 2.36. The molecule has 1 aliphatic rings. The summed E-state index contributed by atoms with van der Waals surface area (Å²) >= 11 is 4.68. The topological polar surface area (TPSA) is 99.2 Å². The normalized spacial score (nSPS) is 17.0. The third kappa shape index (κ3) is 2.98. The maximum Gasteiger partial charge on any atom is 0.244 e. The maximum atomic E-state index is 11.5. The van der Waals surface area contributed by atoms with Gasteiger partial charge < -0.3 is 15.6 Å². The fourth-order valence-electron chi connectivity index (χ4n) is 1.45. The van der Waals surface area contributed by atoms with Crippen LogP contribution in [0.5, 0.6) is 0 Å². The van der Waals surface area contributed by atoms with E-state index < -0.39 is 17.7 Å². The van der Waals surface area contributed by atoms with Gasteiger partial charge in [-0.1, -0.05) is 0 Å². The summed E-state index contributed by atoms with van der Waals surface area (Å²) in [5, 5.41) is 4.77. The number of aliphatic imine (C=N–C) groups is 1. The summed E-state index contributed by atoms with van der Waals surface area (Å²) in [5.74, 6) is -1.82. The Morgan fingerprint density at radius 2 is 2.11 bits per heavy atom. The second kappa shape index (κ2) is 5.50. The van der Waals surface area contributed by atoms with Crippen molar-refractivity contribution in [3.8, 4) is 0 Å². The Bertz CT molecular complexity index is 476. The largest absolute Gasteiger partial charge is 0.348 e. The van der Waals surface area contributed by atoms with E-state index in [1.165, 1.54) is 6.21 Å². The molecule has 0 saturated carbocycles. The molecule has 2 heterocycles. The Balaban J connectivity index is 1.86. The number of aromatic amines is 1. The Labute approximate surface area is 108 Å². The van der Waals surface area contributed by atoms with Crippen LogP contribution >= 0.6 is 12.2 Å². The van der Waals surface area contributed by atoms with Crippen molar-refractivity contribution in [3.05, 3.63) is 18.2 Å². The number of amides is 2. The van der Waals surface area contributed by atoms with Crippen LogP contribution in [0.1, 0.15) is 5.69 Å². The van der Waals surface area contributed by atoms with E-state index in [-0.39, 0.29) is 5.11 Å². The number of imidazole rings is 1. The Morgan fingerprint density at radius 3 is 2.72 bits per heavy atom. The van der Waals surface area contributed by atoms with E-state index in [2.05, 4.69) is 37.8 Å². The van der Waals surface area contributed by atoms with Crippen LogP contribution in [0.2, 0.25) is 0 Å². The van der Waals surface area contributed by atoms with Gasteiger partial charge in [0.1, 0.15) is 0 Å². The molecule has 3 N–H and O–H groups in total. The number of aromatic nitrogens is 2. The van der Waals surface area contributed by atoms with E-state index in [9.17, 15) is 9.59 Å². The monoisotopic (exact) mass is 265 g/mol. The van der Waals surface area contributed by atoms with Crippen LogP contribution < -0.4 is 10.6 Å². The predicted octanol–water partition coefficient (Wildman–Crippen LogP) is -0.830. The number of thiocarbonyl (C=S) groups is 1. The quantitative estimate of drug-likeness (QED) is 0.376. The van der Waals surface area contributed by atoms with Gasteiger partial charge in [0.2, 0.25) is 11.8 Å². The minimum Gasteiger partial charge on any atom is -0.348 e. The zero-order chi connectivity index (χ0) is 13.0. The number of hydrogen-bond donors (Lipinski definition) is 3. The highest BCUT2D eigenvalue weighted by molar-refractivity contribution is 7.80. The fourth-order valence-corrected chi connectivity index (χ4v) is 1.65. The summed E-state index contributed by atoms with van der Waals surface area (Å²) in [6.45, 7) is 0.476. The Morgan fingerprint density at radius 1 is 1.39 bits per heavy atom. The van der Waals surface area contributed by atoms with E-state index in [4.69, 9.17) is 0 Å². The molecule has 1 saturated heterocycles. The lowest BCUT2D eigenvalue weighted by atomic mass is 10.1. The Hall–Kier alpha value is -2.09. The maximum absolute atomic E-state index is 11.5. The molecule has 7 nitrogen and oxygen atoms in total. The molecule has 18 heavy (non-hydrogen) atoms. The van der Waals surface area contributed by atoms with Crippen molar-refractivity contribution in [2.24, 2.45) is 10.9 Å². The van der Waals surface area contributed by atoms with Gasteiger partial charge in [-0.15, -0.1) is 0 Å². The molecule has 94 valence electrons. The van der Waals surface area contributed by atoms with Crippen molar-refractivity contribution >= 4 is 35.4 Å². The van der Waals surface area contributed by atoms with Crippen molar-refractivity contribution in [3.63, 3.8) is 0 Å². The van der Waals surface area contributed by atoms with Gasteiger partial charge in [0.05, 0.1) is 6.33 Å². The van der Waals surface area contributed by atoms with Crippen molar-refractivity contribution in [1.29, 1.82) is 0 Å². The molecular formula is C10H11N5O2S. The van der Waals surface area contributed by atoms with Crippen molar-refractivity contribution < 1.29 is 9.59 Å². The molecule has 0 aliphatic carbocycles. The van der Waals surface area contributed by atoms with E-state index in [1.54, 1.807) is 12.5 Å². The lowest BCUT2D eigenvalue weighted by Gasteiger charge is -2.19. The van der Waals surface area contributed by atoms with Crippen LogP contribution in [0.4, 0.5) is 0 Å². The lowest BCUT2D eigenvalue weighted by Crippen LogP contribution is -2.56. The van der Waals surface area contributed by atoms with Gasteiger partial charge in [0, 0.05) is 31.1 Å². The number of hydrogen-bond acceptors (Lipinski definition) is 5. The second-order valence-corrected chi connectivity index (χ2v) is 4.08. The van der Waals surface area contributed by atoms with Gasteiger partial charge in [-0.25, -0.2) is 4.98 Å². The summed E-state index contributed by atoms with van der Waals surface area (Å²) in [4.78, 5) is 33.8. The first-order chi connectivity index (χ1) is 8.66. The molecule has 0 spiro atoms. The van der Waals surface area contributed by atoms with Crippen LogP contribution in [-0.2, 0) is 16.0 Å². The van der Waals surface area contributed by atoms with Crippen molar-refractivity contribution in [2.45, 2.75) is 6.42 Å². The average molecular weight is 265 g/mol. The highest BCUT2D eigenvalue weighted by Gasteiger charge is 2.30. The second-order valence-electron chi connectivity index (χ2n) is 3.67. The molecule has 1 aromatic rings. The van der Waals surface area contributed by atoms with E-state index in [1.807, 2.05) is 0 Å². The van der Waals surface area contributed by atoms with Gasteiger partial charge in [-0.3, -0.25) is 14.6 Å². The predicted molar refractivity (Wildman–Crippen MR) is 68.0 cm³/mol. The van der Waals surface area contributed by atoms with Crippen molar-refractivity contribution in [2.75, 3.05) is 6.54 Å². The van der Waals surface area contributed by atoms with Crippen LogP contribution in [-0.4, -0.2) is 39.7 Å². The summed E-state index contributed by atoms with van der Waals surface area (Å²) in [6, 6.07) is 0. The molecular weight excluding hydrogens is 254 g/mol. The lowest BCUT2D eigenvalue weighted by molar-refractivity contribution is -0.131. The zero-order valence-electron chi connectivity index (χ0n) is 9.34. The SMILES string of the molecule is O=C1NC(=S)NC(=O)C1C=NCCc1cnc[nH]1. The fraction of sp³-hybridized carbons (Fsp3) is 0.300. The highest BCUT2D eigenvalue weighted by atomic mass is 32.1. The van der Waals surface area contributed by atoms with Crippen LogP contribution in [0, 0.1) is 5.92 Å². The van der Waals surface area contributed by atoms with E-state index >= 15 is 0 Å². The molecule has 8 heteroatoms. The van der Waals surface area contributed by atoms with Crippen LogP contribution in [0.3, 0.4) is 0 Å². The van der Waals surface area contributed by atoms with E-state index in [0.717, 1.165) is 5.69 Å². The van der Waals surface area contributed by atoms with Gasteiger partial charge >= 0.3 is 0 Å². The average Bonchev–Trinajstić information content (AvgIpc) is 2.79. The number of carbonyl (C=O) groups excluding carboxylic acids is 2. The van der Waals surface area contributed by atoms with Gasteiger partial charge in [-0.2, -0.15) is 0 Å². The minimum atomic E-state index is -0.918. The molecule has 0 radical (unpaired) electrons. The molecule has 0 unspecified atom stereocenters. The van der Waals surface area contributed by atoms with Gasteiger partial charge in [0.25, 0.3) is 0 Å². The summed E-state index contributed by atoms with van der Waals surface area (Å²) < 4.78 is 0. The minimum absolute atomic E-state index is 0.0344. The molecule has 1 aromatic heterocycles. The third-order valence-corrected chi connectivity index (χ3v) is 2.56. The standard InChI is InChI=1S/C10H11N5O2S/c16-8-7(9(17)15-10(18)14-8)4-11-2-1-6-3-12-5-13-6/h3-5,7H,1-2H2,(H,12,13)(H2,14,15,16,17,18). The molecule has 2 amide bonds. The van der Waals surface area contributed by atoms with Crippen LogP contribution in [0.25, 0.3) is 0 Å². The van der Waals surface area contributed by atoms with Crippen LogP contribution in [0.15, 0.2) is 17.5 Å². The van der Waals surface area contributed by atoms with E-state index in [0.29, 0.717) is 13.0 Å². The number of carbonyl (C=O) groups is 2. The number of nitrogens with zero attached hydrogens (tertiary/aromatic N) is 2. The molecule has 0 atom stereocenters. The molecule has 1 fully saturated rings. The number of nitrogens with one attached hydrogen (secondary N) is 3. The van der Waals surface area contributed by atoms with Gasteiger partial charge in [0.15, 0.2) is 11.0 Å². The molecule has 1 aliphatic heterocycles. The smallest absolute Gasteiger partial charge is 0.244 e. The molecule has 2 rings (SSSR count). The zero-order valence-corrected chi connectivity index (χ0v) is 10.2. The first-order valence-corrected chi connectivity index (χ1v) is 5.70. The van der Waals surface area contributed by atoms with Crippen molar-refractivity contribution in [1.82, 2.24) is 20.6 Å². The summed E-state index contributed by atoms with van der Waals surface area (Å²) in [5.41, 5.74) is 0.950. The first kappa shape index (κ1) is 12.4. The number of H-pyrrole nitrogens is 1. The summed E-state index contributed by atoms with van der Waals surface area (Å²) in [7, 11) is 0. The first-order valence-electron chi connectivity index (χ1n) is 5.29. The Kier molecular flexibility index (Phi) is 3.78. The summed E-state index contributed by atoms with van der Waals surface area (Å²) in [6.07, 6.45) is 5.30. The van der Waals surface area contributed by atoms with Gasteiger partial charge in [-0.05, 0) is 12.2 Å².